The number of benzene rings is 1. The second-order valence-corrected chi connectivity index (χ2v) is 8.77. The molecule has 0 aliphatic carbocycles. The number of carbonyl (C=O) groups is 1. The maximum atomic E-state index is 12.4. The van der Waals surface area contributed by atoms with Crippen LogP contribution in [0.15, 0.2) is 33.2 Å². The standard InChI is InChI=1S/C15H17BrN4O4S/c1-25(22,23)20-7-3-5-11(9-20)13(21)17-15-19-18-14(24-15)10-4-2-6-12(16)8-10/h2,4,6,8,11H,3,5,7,9H2,1H3,(H,17,19,21). The number of hydrogen-bond acceptors (Lipinski definition) is 6. The van der Waals surface area contributed by atoms with E-state index in [0.29, 0.717) is 19.4 Å². The lowest BCUT2D eigenvalue weighted by molar-refractivity contribution is -0.121. The normalized spacial score (nSPS) is 18.9. The zero-order valence-corrected chi connectivity index (χ0v) is 15.9. The van der Waals surface area contributed by atoms with E-state index in [1.807, 2.05) is 24.3 Å². The Kier molecular flexibility index (Phi) is 5.21. The van der Waals surface area contributed by atoms with Crippen LogP contribution in [0.2, 0.25) is 0 Å². The first-order chi connectivity index (χ1) is 11.8. The van der Waals surface area contributed by atoms with Gasteiger partial charge in [0.2, 0.25) is 21.8 Å². The third kappa shape index (κ3) is 4.44. The molecule has 1 unspecified atom stereocenters. The molecule has 1 aromatic heterocycles. The van der Waals surface area contributed by atoms with Crippen LogP contribution in [0.5, 0.6) is 0 Å². The summed E-state index contributed by atoms with van der Waals surface area (Å²) in [6, 6.07) is 7.35. The summed E-state index contributed by atoms with van der Waals surface area (Å²) in [5, 5.41) is 10.3. The van der Waals surface area contributed by atoms with Crippen molar-refractivity contribution in [2.24, 2.45) is 5.92 Å². The Hall–Kier alpha value is -1.78. The number of hydrogen-bond donors (Lipinski definition) is 1. The van der Waals surface area contributed by atoms with Gasteiger partial charge in [0.1, 0.15) is 0 Å². The van der Waals surface area contributed by atoms with E-state index >= 15 is 0 Å². The third-order valence-corrected chi connectivity index (χ3v) is 5.71. The first kappa shape index (κ1) is 18.0. The van der Waals surface area contributed by atoms with E-state index < -0.39 is 15.9 Å². The molecule has 0 spiro atoms. The zero-order valence-electron chi connectivity index (χ0n) is 13.5. The van der Waals surface area contributed by atoms with Crippen molar-refractivity contribution in [1.29, 1.82) is 0 Å². The number of anilines is 1. The summed E-state index contributed by atoms with van der Waals surface area (Å²) in [6.45, 7) is 0.605. The molecule has 1 fully saturated rings. The molecule has 1 amide bonds. The van der Waals surface area contributed by atoms with Crippen molar-refractivity contribution in [3.8, 4) is 11.5 Å². The predicted molar refractivity (Wildman–Crippen MR) is 95.2 cm³/mol. The highest BCUT2D eigenvalue weighted by Crippen LogP contribution is 2.24. The van der Waals surface area contributed by atoms with Crippen molar-refractivity contribution < 1.29 is 17.6 Å². The molecule has 0 radical (unpaired) electrons. The topological polar surface area (TPSA) is 105 Å². The summed E-state index contributed by atoms with van der Waals surface area (Å²) in [5.74, 6) is -0.472. The molecule has 10 heteroatoms. The second-order valence-electron chi connectivity index (χ2n) is 5.87. The smallest absolute Gasteiger partial charge is 0.322 e. The number of rotatable bonds is 4. The number of nitrogens with one attached hydrogen (secondary N) is 1. The van der Waals surface area contributed by atoms with Crippen molar-refractivity contribution in [3.05, 3.63) is 28.7 Å². The number of piperidine rings is 1. The third-order valence-electron chi connectivity index (χ3n) is 3.95. The van der Waals surface area contributed by atoms with E-state index in [-0.39, 0.29) is 24.4 Å². The van der Waals surface area contributed by atoms with Gasteiger partial charge in [0.15, 0.2) is 0 Å². The number of amides is 1. The zero-order chi connectivity index (χ0) is 18.0. The second kappa shape index (κ2) is 7.22. The fourth-order valence-electron chi connectivity index (χ4n) is 2.68. The maximum absolute atomic E-state index is 12.4. The van der Waals surface area contributed by atoms with Crippen molar-refractivity contribution in [1.82, 2.24) is 14.5 Å². The minimum Gasteiger partial charge on any atom is -0.403 e. The van der Waals surface area contributed by atoms with Gasteiger partial charge < -0.3 is 4.42 Å². The van der Waals surface area contributed by atoms with Crippen molar-refractivity contribution in [3.63, 3.8) is 0 Å². The first-order valence-corrected chi connectivity index (χ1v) is 10.3. The average Bonchev–Trinajstić information content (AvgIpc) is 3.03. The molecule has 3 rings (SSSR count). The van der Waals surface area contributed by atoms with Crippen LogP contribution in [-0.2, 0) is 14.8 Å². The van der Waals surface area contributed by atoms with E-state index in [2.05, 4.69) is 31.4 Å². The highest BCUT2D eigenvalue weighted by atomic mass is 79.9. The quantitative estimate of drug-likeness (QED) is 0.798. The first-order valence-electron chi connectivity index (χ1n) is 7.68. The summed E-state index contributed by atoms with van der Waals surface area (Å²) < 4.78 is 31.0. The molecule has 1 aromatic carbocycles. The van der Waals surface area contributed by atoms with Gasteiger partial charge in [-0.25, -0.2) is 12.7 Å². The SMILES string of the molecule is CS(=O)(=O)N1CCCC(C(=O)Nc2nnc(-c3cccc(Br)c3)o2)C1. The van der Waals surface area contributed by atoms with Crippen LogP contribution in [0.3, 0.4) is 0 Å². The van der Waals surface area contributed by atoms with Gasteiger partial charge in [0, 0.05) is 23.1 Å². The lowest BCUT2D eigenvalue weighted by Gasteiger charge is -2.29. The Morgan fingerprint density at radius 1 is 1.40 bits per heavy atom. The lowest BCUT2D eigenvalue weighted by Crippen LogP contribution is -2.43. The number of halogens is 1. The number of sulfonamides is 1. The van der Waals surface area contributed by atoms with Crippen LogP contribution in [0.1, 0.15) is 12.8 Å². The van der Waals surface area contributed by atoms with Gasteiger partial charge in [-0.1, -0.05) is 27.1 Å². The van der Waals surface area contributed by atoms with Crippen LogP contribution in [0, 0.1) is 5.92 Å². The monoisotopic (exact) mass is 428 g/mol. The molecular weight excluding hydrogens is 412 g/mol. The van der Waals surface area contributed by atoms with Crippen LogP contribution in [0.4, 0.5) is 6.01 Å². The highest BCUT2D eigenvalue weighted by Gasteiger charge is 2.30. The number of carbonyl (C=O) groups excluding carboxylic acids is 1. The fourth-order valence-corrected chi connectivity index (χ4v) is 3.99. The Labute approximate surface area is 153 Å². The van der Waals surface area contributed by atoms with Crippen LogP contribution in [-0.4, -0.2) is 48.2 Å². The maximum Gasteiger partial charge on any atom is 0.322 e. The van der Waals surface area contributed by atoms with Gasteiger partial charge in [0.05, 0.1) is 12.2 Å². The Balaban J connectivity index is 1.67. The molecule has 2 aromatic rings. The average molecular weight is 429 g/mol. The minimum absolute atomic E-state index is 0.00328. The Morgan fingerprint density at radius 3 is 2.92 bits per heavy atom. The number of nitrogens with zero attached hydrogens (tertiary/aromatic N) is 3. The largest absolute Gasteiger partial charge is 0.403 e. The molecule has 1 atom stereocenters. The van der Waals surface area contributed by atoms with Gasteiger partial charge in [0.25, 0.3) is 0 Å². The van der Waals surface area contributed by atoms with E-state index in [1.54, 1.807) is 0 Å². The predicted octanol–water partition coefficient (Wildman–Crippen LogP) is 2.11. The Bertz CT molecular complexity index is 883. The van der Waals surface area contributed by atoms with Gasteiger partial charge in [-0.15, -0.1) is 5.10 Å². The molecule has 0 bridgehead atoms. The minimum atomic E-state index is -3.30. The van der Waals surface area contributed by atoms with Gasteiger partial charge >= 0.3 is 6.01 Å². The van der Waals surface area contributed by atoms with Crippen LogP contribution < -0.4 is 5.32 Å². The van der Waals surface area contributed by atoms with Crippen molar-refractivity contribution in [2.45, 2.75) is 12.8 Å². The molecule has 134 valence electrons. The lowest BCUT2D eigenvalue weighted by atomic mass is 9.99. The molecule has 25 heavy (non-hydrogen) atoms. The molecule has 1 saturated heterocycles. The molecule has 0 saturated carbocycles. The molecule has 1 aliphatic rings. The van der Waals surface area contributed by atoms with Crippen molar-refractivity contribution >= 4 is 37.9 Å². The van der Waals surface area contributed by atoms with Gasteiger partial charge in [-0.2, -0.15) is 0 Å². The van der Waals surface area contributed by atoms with Crippen LogP contribution in [0.25, 0.3) is 11.5 Å². The van der Waals surface area contributed by atoms with E-state index in [0.717, 1.165) is 16.3 Å². The van der Waals surface area contributed by atoms with Gasteiger partial charge in [-0.3, -0.25) is 10.1 Å². The molecule has 1 aliphatic heterocycles. The molecule has 2 heterocycles. The molecule has 8 nitrogen and oxygen atoms in total. The summed E-state index contributed by atoms with van der Waals surface area (Å²) in [4.78, 5) is 12.4. The van der Waals surface area contributed by atoms with E-state index in [4.69, 9.17) is 4.42 Å². The van der Waals surface area contributed by atoms with Gasteiger partial charge in [-0.05, 0) is 31.0 Å². The molecule has 1 N–H and O–H groups in total. The van der Waals surface area contributed by atoms with Crippen molar-refractivity contribution in [2.75, 3.05) is 24.7 Å². The van der Waals surface area contributed by atoms with E-state index in [1.165, 1.54) is 4.31 Å². The fraction of sp³-hybridized carbons (Fsp3) is 0.400. The van der Waals surface area contributed by atoms with E-state index in [9.17, 15) is 13.2 Å². The summed E-state index contributed by atoms with van der Waals surface area (Å²) in [7, 11) is -3.30. The van der Waals surface area contributed by atoms with Crippen LogP contribution >= 0.6 is 15.9 Å². The summed E-state index contributed by atoms with van der Waals surface area (Å²) in [6.07, 6.45) is 2.40. The summed E-state index contributed by atoms with van der Waals surface area (Å²) >= 11 is 3.37. The summed E-state index contributed by atoms with van der Waals surface area (Å²) in [5.41, 5.74) is 0.725. The number of aromatic nitrogens is 2. The highest BCUT2D eigenvalue weighted by molar-refractivity contribution is 9.10. The molecular formula is C15H17BrN4O4S. The Morgan fingerprint density at radius 2 is 2.20 bits per heavy atom.